The molecule has 1 saturated heterocycles. The molecule has 45 heavy (non-hydrogen) atoms. The topological polar surface area (TPSA) is 117 Å². The number of rotatable bonds is 12. The highest BCUT2D eigenvalue weighted by Crippen LogP contribution is 2.37. The Labute approximate surface area is 293 Å². The molecule has 2 aromatic heterocycles. The monoisotopic (exact) mass is 855 g/mol. The van der Waals surface area contributed by atoms with Crippen molar-refractivity contribution in [3.8, 4) is 0 Å². The van der Waals surface area contributed by atoms with Crippen LogP contribution in [0.4, 0.5) is 5.69 Å². The number of nitrogens with one attached hydrogen (secondary N) is 1. The number of alkyl halides is 2. The second kappa shape index (κ2) is 14.9. The third-order valence-corrected chi connectivity index (χ3v) is 11.1. The molecule has 2 N–H and O–H groups in total. The molecule has 0 aliphatic carbocycles. The number of hydrogen-bond acceptors (Lipinski definition) is 7. The number of likely N-dealkylation sites (tertiary alicyclic amines) is 1. The van der Waals surface area contributed by atoms with E-state index in [2.05, 4.69) is 55.5 Å². The standard InChI is InChI=1S/C32H35I2N5O5S/c1-37-18-25(24-6-4-5-7-27(24)37)31(43)36-26-11-20(14-33)19(10-21(26)15-34)12-29(40)39-17-22(38(2)44-3)13-28(39)32-35-16-23(45-32)8-9-30(41)42/h4-7,10-11,16,18,22,28H,8-9,12-15,17H2,1-3H3,(H,36,43)(H,41,42)/t22-,28?/m0/s1. The lowest BCUT2D eigenvalue weighted by Gasteiger charge is -2.25. The molecule has 5 rings (SSSR count). The fraction of sp³-hybridized carbons (Fsp3) is 0.375. The number of aromatic nitrogens is 2. The van der Waals surface area contributed by atoms with Crippen LogP contribution >= 0.6 is 56.5 Å². The molecule has 2 aromatic carbocycles. The molecule has 2 atom stereocenters. The molecular weight excluding hydrogens is 820 g/mol. The molecule has 0 spiro atoms. The number of anilines is 1. The predicted molar refractivity (Wildman–Crippen MR) is 192 cm³/mol. The third kappa shape index (κ3) is 7.53. The number of amides is 2. The Hall–Kier alpha value is -2.60. The number of carboxylic acid groups (broad SMARTS) is 1. The number of thiazole rings is 1. The first-order valence-corrected chi connectivity index (χ1v) is 18.3. The Balaban J connectivity index is 1.38. The summed E-state index contributed by atoms with van der Waals surface area (Å²) in [7, 11) is 5.41. The molecule has 0 saturated carbocycles. The van der Waals surface area contributed by atoms with Crippen molar-refractivity contribution < 1.29 is 24.3 Å². The lowest BCUT2D eigenvalue weighted by Crippen LogP contribution is -2.37. The molecule has 13 heteroatoms. The number of carbonyl (C=O) groups is 3. The fourth-order valence-corrected chi connectivity index (χ4v) is 8.18. The molecule has 3 heterocycles. The molecule has 10 nitrogen and oxygen atoms in total. The van der Waals surface area contributed by atoms with Crippen LogP contribution in [0.1, 0.15) is 55.8 Å². The fourth-order valence-electron chi connectivity index (χ4n) is 5.79. The lowest BCUT2D eigenvalue weighted by molar-refractivity contribution is -0.141. The number of hydrogen-bond donors (Lipinski definition) is 2. The van der Waals surface area contributed by atoms with Gasteiger partial charge in [-0.2, -0.15) is 5.06 Å². The van der Waals surface area contributed by atoms with Crippen LogP contribution in [0, 0.1) is 0 Å². The lowest BCUT2D eigenvalue weighted by atomic mass is 10.00. The zero-order valence-electron chi connectivity index (χ0n) is 25.3. The summed E-state index contributed by atoms with van der Waals surface area (Å²) in [6.45, 7) is 0.496. The summed E-state index contributed by atoms with van der Waals surface area (Å²) >= 11 is 6.07. The molecular formula is C32H35I2N5O5S. The number of aliphatic carboxylic acids is 1. The molecule has 1 aliphatic heterocycles. The van der Waals surface area contributed by atoms with E-state index in [1.165, 1.54) is 11.3 Å². The first-order chi connectivity index (χ1) is 21.6. The maximum Gasteiger partial charge on any atom is 0.303 e. The van der Waals surface area contributed by atoms with Crippen molar-refractivity contribution in [2.24, 2.45) is 7.05 Å². The molecule has 1 unspecified atom stereocenters. The van der Waals surface area contributed by atoms with Crippen molar-refractivity contribution in [3.05, 3.63) is 80.9 Å². The number of hydroxylamine groups is 2. The zero-order chi connectivity index (χ0) is 32.2. The zero-order valence-corrected chi connectivity index (χ0v) is 30.4. The third-order valence-electron chi connectivity index (χ3n) is 8.29. The van der Waals surface area contributed by atoms with Gasteiger partial charge in [-0.3, -0.25) is 14.4 Å². The minimum absolute atomic E-state index is 0.00377. The molecule has 1 aliphatic rings. The van der Waals surface area contributed by atoms with E-state index in [0.29, 0.717) is 33.8 Å². The average molecular weight is 856 g/mol. The quantitative estimate of drug-likeness (QED) is 0.0999. The molecule has 0 bridgehead atoms. The van der Waals surface area contributed by atoms with E-state index in [4.69, 9.17) is 9.94 Å². The minimum Gasteiger partial charge on any atom is -0.481 e. The van der Waals surface area contributed by atoms with Crippen molar-refractivity contribution in [1.29, 1.82) is 0 Å². The van der Waals surface area contributed by atoms with E-state index in [1.807, 2.05) is 66.2 Å². The molecule has 0 radical (unpaired) electrons. The first kappa shape index (κ1) is 33.8. The Kier molecular flexibility index (Phi) is 11.2. The molecule has 238 valence electrons. The van der Waals surface area contributed by atoms with Crippen molar-refractivity contribution in [1.82, 2.24) is 19.5 Å². The van der Waals surface area contributed by atoms with Gasteiger partial charge in [-0.1, -0.05) is 69.4 Å². The first-order valence-electron chi connectivity index (χ1n) is 14.5. The minimum atomic E-state index is -0.847. The van der Waals surface area contributed by atoms with Gasteiger partial charge < -0.3 is 24.7 Å². The maximum atomic E-state index is 14.0. The summed E-state index contributed by atoms with van der Waals surface area (Å²) in [6.07, 6.45) is 4.92. The van der Waals surface area contributed by atoms with Crippen molar-refractivity contribution in [2.75, 3.05) is 26.0 Å². The number of likely N-dealkylation sites (N-methyl/N-ethyl adjacent to an activating group) is 1. The SMILES string of the molecule is CON(C)[C@H]1CC(c2ncc(CCC(=O)O)s2)N(C(=O)Cc2cc(CI)c(NC(=O)c3cn(C)c4ccccc34)cc2CI)C1. The van der Waals surface area contributed by atoms with E-state index in [0.717, 1.165) is 43.2 Å². The summed E-state index contributed by atoms with van der Waals surface area (Å²) in [5.41, 5.74) is 5.25. The normalized spacial score (nSPS) is 16.5. The van der Waals surface area contributed by atoms with Crippen molar-refractivity contribution in [3.63, 3.8) is 0 Å². The van der Waals surface area contributed by atoms with Crippen LogP contribution < -0.4 is 5.32 Å². The van der Waals surface area contributed by atoms with Crippen LogP contribution in [0.5, 0.6) is 0 Å². The summed E-state index contributed by atoms with van der Waals surface area (Å²) in [5, 5.41) is 15.7. The number of halogens is 2. The van der Waals surface area contributed by atoms with Gasteiger partial charge in [-0.15, -0.1) is 11.3 Å². The number of para-hydroxylation sites is 1. The summed E-state index contributed by atoms with van der Waals surface area (Å²) < 4.78 is 3.30. The molecule has 1 fully saturated rings. The van der Waals surface area contributed by atoms with Gasteiger partial charge in [-0.05, 0) is 41.7 Å². The highest BCUT2D eigenvalue weighted by Gasteiger charge is 2.40. The predicted octanol–water partition coefficient (Wildman–Crippen LogP) is 6.15. The summed E-state index contributed by atoms with van der Waals surface area (Å²) in [4.78, 5) is 51.4. The number of benzene rings is 2. The van der Waals surface area contributed by atoms with Crippen LogP contribution in [0.15, 0.2) is 48.8 Å². The van der Waals surface area contributed by atoms with Gasteiger partial charge in [0.2, 0.25) is 5.91 Å². The van der Waals surface area contributed by atoms with Crippen LogP contribution in [-0.4, -0.2) is 69.1 Å². The van der Waals surface area contributed by atoms with E-state index in [1.54, 1.807) is 18.4 Å². The number of carbonyl (C=O) groups excluding carboxylic acids is 2. The molecule has 4 aromatic rings. The molecule has 2 amide bonds. The van der Waals surface area contributed by atoms with E-state index in [-0.39, 0.29) is 36.7 Å². The second-order valence-corrected chi connectivity index (χ2v) is 13.8. The Bertz CT molecular complexity index is 1720. The van der Waals surface area contributed by atoms with Crippen LogP contribution in [0.2, 0.25) is 0 Å². The van der Waals surface area contributed by atoms with E-state index >= 15 is 0 Å². The number of fused-ring (bicyclic) bond motifs is 1. The largest absolute Gasteiger partial charge is 0.481 e. The van der Waals surface area contributed by atoms with E-state index in [9.17, 15) is 14.4 Å². The number of carboxylic acids is 1. The van der Waals surface area contributed by atoms with Gasteiger partial charge >= 0.3 is 5.97 Å². The van der Waals surface area contributed by atoms with Crippen molar-refractivity contribution >= 4 is 90.9 Å². The Morgan fingerprint density at radius 3 is 2.62 bits per heavy atom. The smallest absolute Gasteiger partial charge is 0.303 e. The van der Waals surface area contributed by atoms with Crippen LogP contribution in [0.25, 0.3) is 10.9 Å². The van der Waals surface area contributed by atoms with Gasteiger partial charge in [0, 0.05) is 63.4 Å². The maximum absolute atomic E-state index is 14.0. The number of aryl methyl sites for hydroxylation is 2. The summed E-state index contributed by atoms with van der Waals surface area (Å²) in [6, 6.07) is 11.7. The van der Waals surface area contributed by atoms with Crippen molar-refractivity contribution in [2.45, 2.75) is 46.6 Å². The van der Waals surface area contributed by atoms with Gasteiger partial charge in [0.25, 0.3) is 5.91 Å². The average Bonchev–Trinajstić information content (AvgIpc) is 3.77. The number of nitrogens with zero attached hydrogens (tertiary/aromatic N) is 4. The Morgan fingerprint density at radius 2 is 1.91 bits per heavy atom. The Morgan fingerprint density at radius 1 is 1.16 bits per heavy atom. The van der Waals surface area contributed by atoms with Gasteiger partial charge in [0.1, 0.15) is 5.01 Å². The van der Waals surface area contributed by atoms with Crippen LogP contribution in [0.3, 0.4) is 0 Å². The summed E-state index contributed by atoms with van der Waals surface area (Å²) in [5.74, 6) is -1.02. The van der Waals surface area contributed by atoms with Gasteiger partial charge in [0.05, 0.1) is 37.6 Å². The highest BCUT2D eigenvalue weighted by molar-refractivity contribution is 14.1. The van der Waals surface area contributed by atoms with Crippen LogP contribution in [-0.2, 0) is 43.2 Å². The van der Waals surface area contributed by atoms with Gasteiger partial charge in [-0.25, -0.2) is 4.98 Å². The second-order valence-electron chi connectivity index (χ2n) is 11.1. The van der Waals surface area contributed by atoms with Gasteiger partial charge in [0.15, 0.2) is 0 Å². The highest BCUT2D eigenvalue weighted by atomic mass is 127. The van der Waals surface area contributed by atoms with E-state index < -0.39 is 5.97 Å².